The third kappa shape index (κ3) is 2.31. The molecule has 1 aromatic rings. The molecule has 0 radical (unpaired) electrons. The Labute approximate surface area is 114 Å². The number of allylic oxidation sites excluding steroid dienone is 3. The molecule has 2 aliphatic rings. The topological polar surface area (TPSA) is 9.23 Å². The highest BCUT2D eigenvalue weighted by atomic mass is 79.9. The zero-order valence-electron chi connectivity index (χ0n) is 9.36. The van der Waals surface area contributed by atoms with Crippen LogP contribution in [0, 0.1) is 0 Å². The molecule has 1 aliphatic heterocycles. The van der Waals surface area contributed by atoms with Crippen molar-refractivity contribution in [1.29, 1.82) is 0 Å². The van der Waals surface area contributed by atoms with Crippen LogP contribution in [0.3, 0.4) is 0 Å². The van der Waals surface area contributed by atoms with Crippen LogP contribution in [0.4, 0.5) is 0 Å². The molecule has 0 N–H and O–H groups in total. The molecular weight excluding hydrogens is 296 g/mol. The van der Waals surface area contributed by atoms with Crippen molar-refractivity contribution in [3.8, 4) is 0 Å². The van der Waals surface area contributed by atoms with Crippen molar-refractivity contribution in [2.24, 2.45) is 0 Å². The van der Waals surface area contributed by atoms with Crippen molar-refractivity contribution in [2.45, 2.75) is 28.5 Å². The summed E-state index contributed by atoms with van der Waals surface area (Å²) in [4.78, 5) is 1.36. The molecule has 3 rings (SSSR count). The molecule has 1 nitrogen and oxygen atoms in total. The molecule has 88 valence electrons. The van der Waals surface area contributed by atoms with Gasteiger partial charge in [-0.3, -0.25) is 0 Å². The van der Waals surface area contributed by atoms with Crippen LogP contribution in [0.15, 0.2) is 47.1 Å². The van der Waals surface area contributed by atoms with E-state index < -0.39 is 0 Å². The Morgan fingerprint density at radius 1 is 1.41 bits per heavy atom. The lowest BCUT2D eigenvalue weighted by Crippen LogP contribution is -2.08. The van der Waals surface area contributed by atoms with E-state index >= 15 is 0 Å². The predicted molar refractivity (Wildman–Crippen MR) is 75.3 cm³/mol. The quantitative estimate of drug-likeness (QED) is 0.710. The van der Waals surface area contributed by atoms with Gasteiger partial charge in [0.1, 0.15) is 12.4 Å². The molecule has 0 bridgehead atoms. The minimum Gasteiger partial charge on any atom is -0.492 e. The SMILES string of the molecule is BrCc1ccc2c(c1)COC1=CC=CCC1S2. The van der Waals surface area contributed by atoms with Gasteiger partial charge in [0.05, 0.1) is 5.25 Å². The number of fused-ring (bicyclic) bond motifs is 2. The second kappa shape index (κ2) is 4.91. The zero-order chi connectivity index (χ0) is 11.7. The van der Waals surface area contributed by atoms with Gasteiger partial charge in [0.15, 0.2) is 0 Å². The van der Waals surface area contributed by atoms with Crippen LogP contribution in [-0.2, 0) is 16.7 Å². The van der Waals surface area contributed by atoms with E-state index in [2.05, 4.69) is 52.4 Å². The Morgan fingerprint density at radius 2 is 2.35 bits per heavy atom. The van der Waals surface area contributed by atoms with Crippen LogP contribution >= 0.6 is 27.7 Å². The molecule has 1 heterocycles. The maximum atomic E-state index is 5.91. The van der Waals surface area contributed by atoms with Crippen LogP contribution in [0.1, 0.15) is 17.5 Å². The molecule has 1 aromatic carbocycles. The van der Waals surface area contributed by atoms with E-state index in [1.54, 1.807) is 0 Å². The molecule has 0 amide bonds. The average Bonchev–Trinajstić information content (AvgIpc) is 2.57. The van der Waals surface area contributed by atoms with Gasteiger partial charge in [-0.1, -0.05) is 40.2 Å². The van der Waals surface area contributed by atoms with Crippen molar-refractivity contribution < 1.29 is 4.74 Å². The van der Waals surface area contributed by atoms with Gasteiger partial charge in [0.25, 0.3) is 0 Å². The fourth-order valence-corrected chi connectivity index (χ4v) is 3.64. The van der Waals surface area contributed by atoms with E-state index in [1.807, 2.05) is 11.8 Å². The molecule has 17 heavy (non-hydrogen) atoms. The lowest BCUT2D eigenvalue weighted by atomic mass is 10.1. The first-order valence-corrected chi connectivity index (χ1v) is 7.71. The second-order valence-corrected chi connectivity index (χ2v) is 6.01. The van der Waals surface area contributed by atoms with Crippen LogP contribution in [0.2, 0.25) is 0 Å². The first kappa shape index (κ1) is 11.4. The highest BCUT2D eigenvalue weighted by Crippen LogP contribution is 2.39. The van der Waals surface area contributed by atoms with Crippen LogP contribution < -0.4 is 0 Å². The number of hydrogen-bond acceptors (Lipinski definition) is 2. The highest BCUT2D eigenvalue weighted by Gasteiger charge is 2.23. The first-order chi connectivity index (χ1) is 8.36. The fraction of sp³-hybridized carbons (Fsp3) is 0.286. The Kier molecular flexibility index (Phi) is 3.30. The summed E-state index contributed by atoms with van der Waals surface area (Å²) in [6.07, 6.45) is 7.46. The summed E-state index contributed by atoms with van der Waals surface area (Å²) in [6.45, 7) is 0.694. The first-order valence-electron chi connectivity index (χ1n) is 5.71. The molecule has 0 aromatic heterocycles. The fourth-order valence-electron chi connectivity index (χ4n) is 2.09. The van der Waals surface area contributed by atoms with Gasteiger partial charge in [0, 0.05) is 15.8 Å². The number of alkyl halides is 1. The smallest absolute Gasteiger partial charge is 0.114 e. The number of halogens is 1. The lowest BCUT2D eigenvalue weighted by molar-refractivity contribution is 0.191. The van der Waals surface area contributed by atoms with Gasteiger partial charge >= 0.3 is 0 Å². The number of rotatable bonds is 1. The summed E-state index contributed by atoms with van der Waals surface area (Å²) in [5.41, 5.74) is 2.62. The minimum atomic E-state index is 0.455. The Morgan fingerprint density at radius 3 is 3.24 bits per heavy atom. The normalized spacial score (nSPS) is 21.9. The summed E-state index contributed by atoms with van der Waals surface area (Å²) in [7, 11) is 0. The van der Waals surface area contributed by atoms with Crippen molar-refractivity contribution >= 4 is 27.7 Å². The molecular formula is C14H13BrOS. The van der Waals surface area contributed by atoms with Gasteiger partial charge in [-0.2, -0.15) is 0 Å². The molecule has 1 unspecified atom stereocenters. The second-order valence-electron chi connectivity index (χ2n) is 4.20. The van der Waals surface area contributed by atoms with Gasteiger partial charge in [-0.05, 0) is 24.1 Å². The minimum absolute atomic E-state index is 0.455. The number of hydrogen-bond donors (Lipinski definition) is 0. The summed E-state index contributed by atoms with van der Waals surface area (Å²) < 4.78 is 5.91. The van der Waals surface area contributed by atoms with Gasteiger partial charge < -0.3 is 4.74 Å². The molecule has 3 heteroatoms. The summed E-state index contributed by atoms with van der Waals surface area (Å²) in [5, 5.41) is 1.36. The van der Waals surface area contributed by atoms with Crippen LogP contribution in [0.25, 0.3) is 0 Å². The Hall–Kier alpha value is -0.670. The number of thioether (sulfide) groups is 1. The third-order valence-corrected chi connectivity index (χ3v) is 5.02. The molecule has 1 atom stereocenters. The highest BCUT2D eigenvalue weighted by molar-refractivity contribution is 9.08. The Balaban J connectivity index is 1.94. The van der Waals surface area contributed by atoms with Gasteiger partial charge in [-0.15, -0.1) is 11.8 Å². The average molecular weight is 309 g/mol. The summed E-state index contributed by atoms with van der Waals surface area (Å²) >= 11 is 5.42. The molecule has 0 saturated heterocycles. The van der Waals surface area contributed by atoms with Gasteiger partial charge in [0.2, 0.25) is 0 Å². The van der Waals surface area contributed by atoms with E-state index in [4.69, 9.17) is 4.74 Å². The standard InChI is InChI=1S/C14H13BrOS/c15-8-10-5-6-13-11(7-10)9-16-12-3-1-2-4-14(12)17-13/h1-3,5-7,14H,4,8-9H2. The van der Waals surface area contributed by atoms with Crippen LogP contribution in [0.5, 0.6) is 0 Å². The molecule has 0 fully saturated rings. The van der Waals surface area contributed by atoms with E-state index in [9.17, 15) is 0 Å². The maximum Gasteiger partial charge on any atom is 0.114 e. The molecule has 1 aliphatic carbocycles. The Bertz CT molecular complexity index is 493. The monoisotopic (exact) mass is 308 g/mol. The largest absolute Gasteiger partial charge is 0.492 e. The third-order valence-electron chi connectivity index (χ3n) is 3.01. The lowest BCUT2D eigenvalue weighted by Gasteiger charge is -2.17. The summed E-state index contributed by atoms with van der Waals surface area (Å²) in [6, 6.07) is 6.65. The molecule has 0 saturated carbocycles. The van der Waals surface area contributed by atoms with Crippen molar-refractivity contribution in [3.05, 3.63) is 53.3 Å². The van der Waals surface area contributed by atoms with E-state index in [-0.39, 0.29) is 0 Å². The number of benzene rings is 1. The van der Waals surface area contributed by atoms with Gasteiger partial charge in [-0.25, -0.2) is 0 Å². The van der Waals surface area contributed by atoms with E-state index in [0.29, 0.717) is 11.9 Å². The van der Waals surface area contributed by atoms with Crippen molar-refractivity contribution in [1.82, 2.24) is 0 Å². The number of ether oxygens (including phenoxy) is 1. The summed E-state index contributed by atoms with van der Waals surface area (Å²) in [5.74, 6) is 1.12. The maximum absolute atomic E-state index is 5.91. The van der Waals surface area contributed by atoms with E-state index in [0.717, 1.165) is 17.5 Å². The molecule has 0 spiro atoms. The van der Waals surface area contributed by atoms with Crippen LogP contribution in [-0.4, -0.2) is 5.25 Å². The van der Waals surface area contributed by atoms with E-state index in [1.165, 1.54) is 16.0 Å². The zero-order valence-corrected chi connectivity index (χ0v) is 11.8. The van der Waals surface area contributed by atoms with Crippen molar-refractivity contribution in [2.75, 3.05) is 0 Å². The van der Waals surface area contributed by atoms with Crippen molar-refractivity contribution in [3.63, 3.8) is 0 Å². The predicted octanol–water partition coefficient (Wildman–Crippen LogP) is 4.42.